The maximum absolute atomic E-state index is 13.2. The van der Waals surface area contributed by atoms with Crippen LogP contribution in [0.25, 0.3) is 0 Å². The number of carbonyl (C=O) groups excluding carboxylic acids is 2. The lowest BCUT2D eigenvalue weighted by Gasteiger charge is -2.29. The molecule has 0 aromatic heterocycles. The molecule has 24 heavy (non-hydrogen) atoms. The van der Waals surface area contributed by atoms with Gasteiger partial charge in [-0.05, 0) is 36.6 Å². The van der Waals surface area contributed by atoms with E-state index in [2.05, 4.69) is 10.6 Å². The summed E-state index contributed by atoms with van der Waals surface area (Å²) in [6, 6.07) is 4.48. The molecule has 0 saturated carbocycles. The Bertz CT molecular complexity index is 663. The normalized spacial score (nSPS) is 22.4. The van der Waals surface area contributed by atoms with Crippen molar-refractivity contribution in [2.75, 3.05) is 23.3 Å². The van der Waals surface area contributed by atoms with Crippen molar-refractivity contribution in [2.45, 2.75) is 44.6 Å². The van der Waals surface area contributed by atoms with E-state index in [0.29, 0.717) is 25.1 Å². The van der Waals surface area contributed by atoms with Crippen molar-refractivity contribution in [3.05, 3.63) is 23.8 Å². The van der Waals surface area contributed by atoms with Gasteiger partial charge >= 0.3 is 0 Å². The van der Waals surface area contributed by atoms with Crippen LogP contribution in [0.15, 0.2) is 18.2 Å². The quantitative estimate of drug-likeness (QED) is 0.886. The molecule has 0 spiro atoms. The maximum atomic E-state index is 13.2. The van der Waals surface area contributed by atoms with Gasteiger partial charge in [-0.2, -0.15) is 0 Å². The number of rotatable bonds is 4. The molecule has 0 aliphatic carbocycles. The Morgan fingerprint density at radius 2 is 2.21 bits per heavy atom. The number of amides is 2. The number of aryl methyl sites for hydroxylation is 1. The third-order valence-electron chi connectivity index (χ3n) is 4.42. The first kappa shape index (κ1) is 16.8. The third-order valence-corrected chi connectivity index (χ3v) is 4.42. The van der Waals surface area contributed by atoms with Crippen LogP contribution in [0, 0.1) is 0 Å². The highest BCUT2D eigenvalue weighted by atomic mass is 19.3. The summed E-state index contributed by atoms with van der Waals surface area (Å²) in [7, 11) is 0. The minimum atomic E-state index is -2.83. The molecule has 1 aromatic rings. The van der Waals surface area contributed by atoms with E-state index in [1.54, 1.807) is 11.0 Å². The summed E-state index contributed by atoms with van der Waals surface area (Å²) in [6.45, 7) is 2.21. The lowest BCUT2D eigenvalue weighted by molar-refractivity contribution is -0.119. The fraction of sp³-hybridized carbons (Fsp3) is 0.529. The molecule has 0 radical (unpaired) electrons. The molecule has 1 atom stereocenters. The lowest BCUT2D eigenvalue weighted by Crippen LogP contribution is -2.36. The van der Waals surface area contributed by atoms with Crippen LogP contribution in [0.3, 0.4) is 0 Å². The zero-order valence-electron chi connectivity index (χ0n) is 13.6. The van der Waals surface area contributed by atoms with Crippen molar-refractivity contribution in [3.63, 3.8) is 0 Å². The van der Waals surface area contributed by atoms with Crippen LogP contribution in [0.2, 0.25) is 0 Å². The van der Waals surface area contributed by atoms with Crippen molar-refractivity contribution >= 4 is 23.2 Å². The van der Waals surface area contributed by atoms with Crippen molar-refractivity contribution in [1.82, 2.24) is 5.32 Å². The average molecular weight is 337 g/mol. The number of alkyl halides is 2. The largest absolute Gasteiger partial charge is 0.325 e. The van der Waals surface area contributed by atoms with Crippen molar-refractivity contribution in [1.29, 1.82) is 0 Å². The highest BCUT2D eigenvalue weighted by Gasteiger charge is 2.42. The molecule has 2 heterocycles. The summed E-state index contributed by atoms with van der Waals surface area (Å²) in [5, 5.41) is 5.24. The fourth-order valence-electron chi connectivity index (χ4n) is 3.24. The van der Waals surface area contributed by atoms with E-state index < -0.39 is 30.8 Å². The number of nitrogens with zero attached hydrogens (tertiary/aromatic N) is 1. The molecule has 1 aromatic carbocycles. The van der Waals surface area contributed by atoms with Gasteiger partial charge in [0.2, 0.25) is 11.8 Å². The van der Waals surface area contributed by atoms with Gasteiger partial charge in [0.15, 0.2) is 0 Å². The van der Waals surface area contributed by atoms with Crippen LogP contribution in [-0.4, -0.2) is 36.9 Å². The molecule has 7 heteroatoms. The van der Waals surface area contributed by atoms with Crippen LogP contribution < -0.4 is 15.5 Å². The Labute approximate surface area is 139 Å². The Morgan fingerprint density at radius 3 is 2.88 bits per heavy atom. The number of halogens is 2. The number of fused-ring (bicyclic) bond motifs is 1. The van der Waals surface area contributed by atoms with E-state index in [1.165, 1.54) is 0 Å². The minimum absolute atomic E-state index is 0.110. The summed E-state index contributed by atoms with van der Waals surface area (Å²) < 4.78 is 26.4. The zero-order chi connectivity index (χ0) is 17.3. The highest BCUT2D eigenvalue weighted by molar-refractivity contribution is 5.98. The first-order valence-electron chi connectivity index (χ1n) is 8.25. The highest BCUT2D eigenvalue weighted by Crippen LogP contribution is 2.31. The van der Waals surface area contributed by atoms with Crippen LogP contribution in [-0.2, 0) is 16.0 Å². The van der Waals surface area contributed by atoms with Crippen LogP contribution >= 0.6 is 0 Å². The van der Waals surface area contributed by atoms with Gasteiger partial charge in [-0.25, -0.2) is 8.78 Å². The Hall–Kier alpha value is -2.02. The maximum Gasteiger partial charge on any atom is 0.262 e. The lowest BCUT2D eigenvalue weighted by atomic mass is 10.00. The number of anilines is 2. The molecule has 2 aliphatic heterocycles. The second kappa shape index (κ2) is 6.47. The van der Waals surface area contributed by atoms with Gasteiger partial charge in [-0.1, -0.05) is 6.92 Å². The topological polar surface area (TPSA) is 61.4 Å². The van der Waals surface area contributed by atoms with Crippen LogP contribution in [0.5, 0.6) is 0 Å². The van der Waals surface area contributed by atoms with E-state index in [1.807, 2.05) is 19.1 Å². The predicted octanol–water partition coefficient (Wildman–Crippen LogP) is 2.31. The standard InChI is InChI=1S/C17H21F2N3O2/c1-2-7-22-14-5-4-12(8-11(14)3-6-15(22)23)21-16(24)13-9-17(18,19)10-20-13/h4-5,8,13,20H,2-3,6-7,9-10H2,1H3,(H,21,24). The Morgan fingerprint density at radius 1 is 1.42 bits per heavy atom. The van der Waals surface area contributed by atoms with Crippen LogP contribution in [0.4, 0.5) is 20.2 Å². The second-order valence-electron chi connectivity index (χ2n) is 6.37. The monoisotopic (exact) mass is 337 g/mol. The first-order chi connectivity index (χ1) is 11.4. The average Bonchev–Trinajstić information content (AvgIpc) is 2.90. The van der Waals surface area contributed by atoms with Gasteiger partial charge in [0.05, 0.1) is 12.6 Å². The van der Waals surface area contributed by atoms with Gasteiger partial charge in [-0.3, -0.25) is 14.9 Å². The van der Waals surface area contributed by atoms with E-state index in [9.17, 15) is 18.4 Å². The molecule has 5 nitrogen and oxygen atoms in total. The van der Waals surface area contributed by atoms with Crippen LogP contribution in [0.1, 0.15) is 31.7 Å². The zero-order valence-corrected chi connectivity index (χ0v) is 13.6. The molecule has 0 bridgehead atoms. The van der Waals surface area contributed by atoms with E-state index >= 15 is 0 Å². The molecule has 1 unspecified atom stereocenters. The molecule has 130 valence electrons. The third kappa shape index (κ3) is 3.40. The van der Waals surface area contributed by atoms with E-state index in [0.717, 1.165) is 17.7 Å². The SMILES string of the molecule is CCCN1C(=O)CCc2cc(NC(=O)C3CC(F)(F)CN3)ccc21. The smallest absolute Gasteiger partial charge is 0.262 e. The van der Waals surface area contributed by atoms with E-state index in [4.69, 9.17) is 0 Å². The number of hydrogen-bond donors (Lipinski definition) is 2. The molecule has 2 N–H and O–H groups in total. The fourth-order valence-corrected chi connectivity index (χ4v) is 3.24. The molecule has 2 amide bonds. The summed E-state index contributed by atoms with van der Waals surface area (Å²) in [5.41, 5.74) is 2.43. The summed E-state index contributed by atoms with van der Waals surface area (Å²) in [5.74, 6) is -3.18. The van der Waals surface area contributed by atoms with Gasteiger partial charge in [-0.15, -0.1) is 0 Å². The number of benzene rings is 1. The predicted molar refractivity (Wildman–Crippen MR) is 87.4 cm³/mol. The van der Waals surface area contributed by atoms with Gasteiger partial charge in [0.25, 0.3) is 5.92 Å². The second-order valence-corrected chi connectivity index (χ2v) is 6.37. The minimum Gasteiger partial charge on any atom is -0.325 e. The molecule has 1 fully saturated rings. The molecule has 3 rings (SSSR count). The van der Waals surface area contributed by atoms with Crippen molar-refractivity contribution in [3.8, 4) is 0 Å². The first-order valence-corrected chi connectivity index (χ1v) is 8.25. The number of carbonyl (C=O) groups is 2. The molecular formula is C17H21F2N3O2. The number of nitrogens with one attached hydrogen (secondary N) is 2. The summed E-state index contributed by atoms with van der Waals surface area (Å²) >= 11 is 0. The summed E-state index contributed by atoms with van der Waals surface area (Å²) in [4.78, 5) is 25.9. The van der Waals surface area contributed by atoms with Crippen molar-refractivity contribution < 1.29 is 18.4 Å². The van der Waals surface area contributed by atoms with Gasteiger partial charge in [0, 0.05) is 30.8 Å². The van der Waals surface area contributed by atoms with Gasteiger partial charge in [0.1, 0.15) is 0 Å². The van der Waals surface area contributed by atoms with Gasteiger partial charge < -0.3 is 10.2 Å². The van der Waals surface area contributed by atoms with E-state index in [-0.39, 0.29) is 5.91 Å². The Kier molecular flexibility index (Phi) is 4.54. The number of hydrogen-bond acceptors (Lipinski definition) is 3. The summed E-state index contributed by atoms with van der Waals surface area (Å²) in [6.07, 6.45) is 1.45. The molecule has 1 saturated heterocycles. The molecule has 2 aliphatic rings. The molecular weight excluding hydrogens is 316 g/mol. The van der Waals surface area contributed by atoms with Crippen molar-refractivity contribution in [2.24, 2.45) is 0 Å². The Balaban J connectivity index is 1.72.